The van der Waals surface area contributed by atoms with Crippen LogP contribution >= 0.6 is 11.6 Å². The van der Waals surface area contributed by atoms with Crippen molar-refractivity contribution in [3.63, 3.8) is 0 Å². The molecule has 1 amide bonds. The molecule has 3 rings (SSSR count). The summed E-state index contributed by atoms with van der Waals surface area (Å²) < 4.78 is 1.69. The van der Waals surface area contributed by atoms with Gasteiger partial charge in [-0.3, -0.25) is 9.48 Å². The number of carbonyl (C=O) groups is 1. The molecule has 0 bridgehead atoms. The van der Waals surface area contributed by atoms with Crippen molar-refractivity contribution in [2.24, 2.45) is 0 Å². The normalized spacial score (nSPS) is 26.8. The number of hydrogen-bond donors (Lipinski definition) is 0. The lowest BCUT2D eigenvalue weighted by molar-refractivity contribution is -0.141. The molecule has 6 heteroatoms. The van der Waals surface area contributed by atoms with Gasteiger partial charge in [-0.1, -0.05) is 11.6 Å². The molecule has 1 aromatic heterocycles. The molecule has 0 spiro atoms. The van der Waals surface area contributed by atoms with Gasteiger partial charge in [0, 0.05) is 24.8 Å². The average Bonchev–Trinajstić information content (AvgIpc) is 3.17. The Kier molecular flexibility index (Phi) is 4.21. The average molecular weight is 325 g/mol. The maximum Gasteiger partial charge on any atom is 0.250 e. The van der Waals surface area contributed by atoms with Crippen LogP contribution in [0.4, 0.5) is 0 Å². The summed E-state index contributed by atoms with van der Waals surface area (Å²) in [6.45, 7) is 5.84. The van der Waals surface area contributed by atoms with Crippen LogP contribution < -0.4 is 0 Å². The van der Waals surface area contributed by atoms with Crippen LogP contribution in [0.5, 0.6) is 0 Å². The van der Waals surface area contributed by atoms with Gasteiger partial charge in [-0.15, -0.1) is 0 Å². The molecule has 5 nitrogen and oxygen atoms in total. The topological polar surface area (TPSA) is 41.4 Å². The lowest BCUT2D eigenvalue weighted by Crippen LogP contribution is -2.53. The molecule has 2 aliphatic rings. The molecule has 0 aliphatic carbocycles. The first-order valence-electron chi connectivity index (χ1n) is 8.13. The molecule has 2 saturated heterocycles. The van der Waals surface area contributed by atoms with E-state index in [-0.39, 0.29) is 5.91 Å². The molecule has 0 saturated carbocycles. The highest BCUT2D eigenvalue weighted by atomic mass is 35.5. The zero-order chi connectivity index (χ0) is 15.9. The third-order valence-corrected chi connectivity index (χ3v) is 5.42. The van der Waals surface area contributed by atoms with E-state index >= 15 is 0 Å². The minimum atomic E-state index is -0.701. The zero-order valence-electron chi connectivity index (χ0n) is 13.6. The van der Waals surface area contributed by atoms with Gasteiger partial charge in [-0.05, 0) is 53.1 Å². The Balaban J connectivity index is 1.81. The number of rotatable bonds is 3. The molecular weight excluding hydrogens is 300 g/mol. The molecule has 3 heterocycles. The Hall–Kier alpha value is -1.07. The van der Waals surface area contributed by atoms with Crippen molar-refractivity contribution in [3.05, 3.63) is 17.4 Å². The molecule has 122 valence electrons. The maximum absolute atomic E-state index is 13.2. The van der Waals surface area contributed by atoms with Crippen molar-refractivity contribution in [1.82, 2.24) is 19.6 Å². The first kappa shape index (κ1) is 15.8. The Morgan fingerprint density at radius 3 is 2.55 bits per heavy atom. The molecule has 0 radical (unpaired) electrons. The number of halogens is 1. The van der Waals surface area contributed by atoms with Crippen LogP contribution in [0.3, 0.4) is 0 Å². The summed E-state index contributed by atoms with van der Waals surface area (Å²) >= 11 is 5.97. The van der Waals surface area contributed by atoms with Crippen LogP contribution in [0, 0.1) is 0 Å². The molecule has 22 heavy (non-hydrogen) atoms. The van der Waals surface area contributed by atoms with Gasteiger partial charge < -0.3 is 9.80 Å². The van der Waals surface area contributed by atoms with Gasteiger partial charge in [0.05, 0.1) is 11.2 Å². The predicted octanol–water partition coefficient (Wildman–Crippen LogP) is 2.36. The third-order valence-electron chi connectivity index (χ3n) is 5.23. The second kappa shape index (κ2) is 5.85. The fraction of sp³-hybridized carbons (Fsp3) is 0.750. The summed E-state index contributed by atoms with van der Waals surface area (Å²) in [7, 11) is 2.18. The summed E-state index contributed by atoms with van der Waals surface area (Å²) in [6.07, 6.45) is 7.94. The van der Waals surface area contributed by atoms with E-state index in [2.05, 4.69) is 21.9 Å². The van der Waals surface area contributed by atoms with Crippen molar-refractivity contribution in [2.45, 2.75) is 57.2 Å². The van der Waals surface area contributed by atoms with Gasteiger partial charge >= 0.3 is 0 Å². The second-order valence-corrected chi connectivity index (χ2v) is 7.50. The van der Waals surface area contributed by atoms with Gasteiger partial charge in [0.15, 0.2) is 0 Å². The van der Waals surface area contributed by atoms with Crippen LogP contribution in [0.1, 0.15) is 39.5 Å². The van der Waals surface area contributed by atoms with E-state index in [0.29, 0.717) is 17.1 Å². The molecular formula is C16H25ClN4O. The Labute approximate surface area is 137 Å². The molecule has 2 aliphatic heterocycles. The van der Waals surface area contributed by atoms with E-state index < -0.39 is 5.54 Å². The number of likely N-dealkylation sites (N-methyl/N-ethyl adjacent to an activating group) is 1. The smallest absolute Gasteiger partial charge is 0.250 e. The van der Waals surface area contributed by atoms with Crippen LogP contribution in [-0.4, -0.2) is 57.7 Å². The zero-order valence-corrected chi connectivity index (χ0v) is 14.4. The van der Waals surface area contributed by atoms with Gasteiger partial charge in [-0.25, -0.2) is 0 Å². The van der Waals surface area contributed by atoms with Gasteiger partial charge in [0.2, 0.25) is 5.91 Å². The highest BCUT2D eigenvalue weighted by Gasteiger charge is 2.43. The van der Waals surface area contributed by atoms with Crippen LogP contribution in [0.15, 0.2) is 12.4 Å². The van der Waals surface area contributed by atoms with E-state index in [9.17, 15) is 4.79 Å². The SMILES string of the molecule is CN1CCC[C@H]1[C@@H]1CCCN1C(=O)C(C)(C)n1cc(Cl)cn1. The van der Waals surface area contributed by atoms with E-state index in [1.165, 1.54) is 12.8 Å². The predicted molar refractivity (Wildman–Crippen MR) is 86.9 cm³/mol. The van der Waals surface area contributed by atoms with Crippen LogP contribution in [0.2, 0.25) is 5.02 Å². The highest BCUT2D eigenvalue weighted by Crippen LogP contribution is 2.32. The maximum atomic E-state index is 13.2. The minimum Gasteiger partial charge on any atom is -0.336 e. The largest absolute Gasteiger partial charge is 0.336 e. The third kappa shape index (κ3) is 2.65. The van der Waals surface area contributed by atoms with Gasteiger partial charge in [0.1, 0.15) is 5.54 Å². The molecule has 2 fully saturated rings. The van der Waals surface area contributed by atoms with E-state index in [1.54, 1.807) is 17.1 Å². The van der Waals surface area contributed by atoms with Gasteiger partial charge in [0.25, 0.3) is 0 Å². The standard InChI is InChI=1S/C16H25ClN4O/c1-16(2,21-11-12(17)10-18-21)15(22)20-9-5-7-14(20)13-6-4-8-19(13)3/h10-11,13-14H,4-9H2,1-3H3/t13-,14-/m0/s1. The van der Waals surface area contributed by atoms with E-state index in [4.69, 9.17) is 11.6 Å². The van der Waals surface area contributed by atoms with Crippen molar-refractivity contribution in [3.8, 4) is 0 Å². The van der Waals surface area contributed by atoms with Crippen LogP contribution in [0.25, 0.3) is 0 Å². The molecule has 2 atom stereocenters. The van der Waals surface area contributed by atoms with Crippen molar-refractivity contribution < 1.29 is 4.79 Å². The number of aromatic nitrogens is 2. The van der Waals surface area contributed by atoms with E-state index in [1.807, 2.05) is 13.8 Å². The lowest BCUT2D eigenvalue weighted by atomic mass is 9.99. The monoisotopic (exact) mass is 324 g/mol. The molecule has 0 unspecified atom stereocenters. The number of amides is 1. The molecule has 1 aromatic rings. The lowest BCUT2D eigenvalue weighted by Gasteiger charge is -2.37. The Bertz CT molecular complexity index is 556. The van der Waals surface area contributed by atoms with Gasteiger partial charge in [-0.2, -0.15) is 5.10 Å². The number of carbonyl (C=O) groups excluding carboxylic acids is 1. The molecule has 0 aromatic carbocycles. The van der Waals surface area contributed by atoms with E-state index in [0.717, 1.165) is 25.9 Å². The number of likely N-dealkylation sites (tertiary alicyclic amines) is 2. The Morgan fingerprint density at radius 1 is 1.27 bits per heavy atom. The fourth-order valence-electron chi connectivity index (χ4n) is 3.92. The fourth-order valence-corrected chi connectivity index (χ4v) is 4.06. The van der Waals surface area contributed by atoms with Crippen molar-refractivity contribution in [1.29, 1.82) is 0 Å². The summed E-state index contributed by atoms with van der Waals surface area (Å²) in [5.74, 6) is 0.148. The highest BCUT2D eigenvalue weighted by molar-refractivity contribution is 6.30. The summed E-state index contributed by atoms with van der Waals surface area (Å²) in [4.78, 5) is 17.7. The number of hydrogen-bond acceptors (Lipinski definition) is 3. The second-order valence-electron chi connectivity index (χ2n) is 7.06. The first-order valence-corrected chi connectivity index (χ1v) is 8.51. The first-order chi connectivity index (χ1) is 10.4. The Morgan fingerprint density at radius 2 is 1.95 bits per heavy atom. The summed E-state index contributed by atoms with van der Waals surface area (Å²) in [5.41, 5.74) is -0.701. The van der Waals surface area contributed by atoms with Crippen LogP contribution in [-0.2, 0) is 10.3 Å². The minimum absolute atomic E-state index is 0.148. The number of nitrogens with zero attached hydrogens (tertiary/aromatic N) is 4. The molecule has 0 N–H and O–H groups in total. The summed E-state index contributed by atoms with van der Waals surface area (Å²) in [5, 5.41) is 4.81. The quantitative estimate of drug-likeness (QED) is 0.857. The van der Waals surface area contributed by atoms with Crippen molar-refractivity contribution >= 4 is 17.5 Å². The van der Waals surface area contributed by atoms with Crippen molar-refractivity contribution in [2.75, 3.05) is 20.1 Å². The summed E-state index contributed by atoms with van der Waals surface area (Å²) in [6, 6.07) is 0.841.